The van der Waals surface area contributed by atoms with Gasteiger partial charge in [-0.25, -0.2) is 0 Å². The number of H-pyrrole nitrogens is 1. The van der Waals surface area contributed by atoms with Gasteiger partial charge in [-0.1, -0.05) is 0 Å². The third-order valence-corrected chi connectivity index (χ3v) is 2.82. The fraction of sp³-hybridized carbons (Fsp3) is 0. The van der Waals surface area contributed by atoms with Gasteiger partial charge in [-0.15, -0.1) is 10.2 Å². The molecule has 0 radical (unpaired) electrons. The highest BCUT2D eigenvalue weighted by Crippen LogP contribution is 2.19. The fourth-order valence-electron chi connectivity index (χ4n) is 1.79. The summed E-state index contributed by atoms with van der Waals surface area (Å²) >= 11 is 0. The number of benzene rings is 1. The van der Waals surface area contributed by atoms with Gasteiger partial charge in [-0.3, -0.25) is 9.59 Å². The molecule has 7 heteroatoms. The molecule has 0 fully saturated rings. The van der Waals surface area contributed by atoms with Gasteiger partial charge in [0, 0.05) is 29.7 Å². The summed E-state index contributed by atoms with van der Waals surface area (Å²) in [4.78, 5) is 26.2. The second-order valence-corrected chi connectivity index (χ2v) is 4.20. The summed E-state index contributed by atoms with van der Waals surface area (Å²) in [7, 11) is 0. The number of hydrogen-bond donors (Lipinski definition) is 2. The number of nitrogens with one attached hydrogen (secondary N) is 2. The molecule has 0 aliphatic heterocycles. The lowest BCUT2D eigenvalue weighted by atomic mass is 10.2. The molecule has 0 bridgehead atoms. The SMILES string of the molecule is O=C(Nc1ccc(-c2nnco2)cc1)c1c[nH]ccc1=O. The maximum absolute atomic E-state index is 12.0. The van der Waals surface area contributed by atoms with Crippen LogP contribution in [0.15, 0.2) is 58.3 Å². The van der Waals surface area contributed by atoms with Gasteiger partial charge in [0.15, 0.2) is 5.43 Å². The maximum atomic E-state index is 12.0. The van der Waals surface area contributed by atoms with E-state index in [0.29, 0.717) is 11.6 Å². The van der Waals surface area contributed by atoms with Crippen LogP contribution in [0.4, 0.5) is 5.69 Å². The molecule has 2 heterocycles. The predicted molar refractivity (Wildman–Crippen MR) is 74.7 cm³/mol. The van der Waals surface area contributed by atoms with Crippen LogP contribution in [0, 0.1) is 0 Å². The van der Waals surface area contributed by atoms with Crippen molar-refractivity contribution in [3.63, 3.8) is 0 Å². The smallest absolute Gasteiger partial charge is 0.261 e. The number of rotatable bonds is 3. The number of carbonyl (C=O) groups is 1. The highest BCUT2D eigenvalue weighted by Gasteiger charge is 2.10. The molecule has 0 spiro atoms. The van der Waals surface area contributed by atoms with Crippen molar-refractivity contribution >= 4 is 11.6 Å². The van der Waals surface area contributed by atoms with Gasteiger partial charge in [0.05, 0.1) is 0 Å². The monoisotopic (exact) mass is 282 g/mol. The van der Waals surface area contributed by atoms with Crippen molar-refractivity contribution in [1.82, 2.24) is 15.2 Å². The second-order valence-electron chi connectivity index (χ2n) is 4.20. The molecule has 0 aliphatic carbocycles. The van der Waals surface area contributed by atoms with Crippen molar-refractivity contribution in [3.05, 3.63) is 64.9 Å². The summed E-state index contributed by atoms with van der Waals surface area (Å²) in [5.74, 6) is -0.0743. The Labute approximate surface area is 118 Å². The molecule has 1 aromatic carbocycles. The highest BCUT2D eigenvalue weighted by molar-refractivity contribution is 6.04. The Morgan fingerprint density at radius 3 is 2.67 bits per heavy atom. The van der Waals surface area contributed by atoms with Gasteiger partial charge in [-0.2, -0.15) is 0 Å². The van der Waals surface area contributed by atoms with Gasteiger partial charge in [0.2, 0.25) is 12.3 Å². The van der Waals surface area contributed by atoms with E-state index in [4.69, 9.17) is 4.42 Å². The Morgan fingerprint density at radius 2 is 2.00 bits per heavy atom. The van der Waals surface area contributed by atoms with Crippen LogP contribution in [0.1, 0.15) is 10.4 Å². The Kier molecular flexibility index (Phi) is 3.30. The van der Waals surface area contributed by atoms with Gasteiger partial charge < -0.3 is 14.7 Å². The largest absolute Gasteiger partial charge is 0.423 e. The average Bonchev–Trinajstić information content (AvgIpc) is 3.02. The Bertz CT molecular complexity index is 807. The number of carbonyl (C=O) groups excluding carboxylic acids is 1. The Hall–Kier alpha value is -3.22. The van der Waals surface area contributed by atoms with Crippen LogP contribution in [-0.2, 0) is 0 Å². The summed E-state index contributed by atoms with van der Waals surface area (Å²) < 4.78 is 5.07. The first-order valence-electron chi connectivity index (χ1n) is 6.09. The minimum Gasteiger partial charge on any atom is -0.423 e. The van der Waals surface area contributed by atoms with Crippen LogP contribution >= 0.6 is 0 Å². The van der Waals surface area contributed by atoms with Gasteiger partial charge in [0.1, 0.15) is 5.56 Å². The summed E-state index contributed by atoms with van der Waals surface area (Å²) in [5, 5.41) is 10.0. The predicted octanol–water partition coefficient (Wildman–Crippen LogP) is 1.68. The van der Waals surface area contributed by atoms with Gasteiger partial charge in [-0.05, 0) is 24.3 Å². The number of pyridine rings is 1. The zero-order valence-electron chi connectivity index (χ0n) is 10.7. The molecule has 2 N–H and O–H groups in total. The molecule has 3 aromatic rings. The van der Waals surface area contributed by atoms with Crippen LogP contribution in [0.3, 0.4) is 0 Å². The molecule has 2 aromatic heterocycles. The summed E-state index contributed by atoms with van der Waals surface area (Å²) in [6.45, 7) is 0. The molecular formula is C14H10N4O3. The molecule has 0 saturated carbocycles. The number of hydrogen-bond acceptors (Lipinski definition) is 5. The van der Waals surface area contributed by atoms with E-state index in [0.717, 1.165) is 5.56 Å². The highest BCUT2D eigenvalue weighted by atomic mass is 16.4. The van der Waals surface area contributed by atoms with Crippen molar-refractivity contribution in [2.45, 2.75) is 0 Å². The summed E-state index contributed by atoms with van der Waals surface area (Å²) in [5.41, 5.74) is 1.02. The van der Waals surface area contributed by atoms with E-state index in [1.165, 1.54) is 24.9 Å². The molecule has 0 saturated heterocycles. The first kappa shape index (κ1) is 12.8. The molecule has 3 rings (SSSR count). The zero-order chi connectivity index (χ0) is 14.7. The molecule has 0 aliphatic rings. The zero-order valence-corrected chi connectivity index (χ0v) is 10.7. The Balaban J connectivity index is 1.78. The quantitative estimate of drug-likeness (QED) is 0.761. The van der Waals surface area contributed by atoms with Crippen LogP contribution in [0.2, 0.25) is 0 Å². The topological polar surface area (TPSA) is 101 Å². The lowest BCUT2D eigenvalue weighted by Crippen LogP contribution is -2.20. The summed E-state index contributed by atoms with van der Waals surface area (Å²) in [6, 6.07) is 8.15. The number of anilines is 1. The van der Waals surface area contributed by atoms with E-state index in [1.807, 2.05) is 0 Å². The molecule has 1 amide bonds. The normalized spacial score (nSPS) is 10.3. The molecule has 0 atom stereocenters. The van der Waals surface area contributed by atoms with Crippen molar-refractivity contribution in [2.75, 3.05) is 5.32 Å². The van der Waals surface area contributed by atoms with Crippen LogP contribution in [-0.4, -0.2) is 21.1 Å². The van der Waals surface area contributed by atoms with E-state index >= 15 is 0 Å². The number of aromatic amines is 1. The lowest BCUT2D eigenvalue weighted by Gasteiger charge is -2.05. The molecule has 0 unspecified atom stereocenters. The molecular weight excluding hydrogens is 272 g/mol. The first-order valence-corrected chi connectivity index (χ1v) is 6.09. The summed E-state index contributed by atoms with van der Waals surface area (Å²) in [6.07, 6.45) is 4.08. The minimum atomic E-state index is -0.470. The van der Waals surface area contributed by atoms with Gasteiger partial charge >= 0.3 is 0 Å². The van der Waals surface area contributed by atoms with E-state index in [1.54, 1.807) is 24.3 Å². The van der Waals surface area contributed by atoms with Crippen molar-refractivity contribution in [1.29, 1.82) is 0 Å². The van der Waals surface area contributed by atoms with E-state index in [-0.39, 0.29) is 11.0 Å². The van der Waals surface area contributed by atoms with Crippen molar-refractivity contribution < 1.29 is 9.21 Å². The lowest BCUT2D eigenvalue weighted by molar-refractivity contribution is 0.102. The maximum Gasteiger partial charge on any atom is 0.261 e. The number of aromatic nitrogens is 3. The molecule has 7 nitrogen and oxygen atoms in total. The van der Waals surface area contributed by atoms with E-state index in [9.17, 15) is 9.59 Å². The number of nitrogens with zero attached hydrogens (tertiary/aromatic N) is 2. The first-order chi connectivity index (χ1) is 10.2. The van der Waals surface area contributed by atoms with E-state index in [2.05, 4.69) is 20.5 Å². The minimum absolute atomic E-state index is 0.0541. The standard InChI is InChI=1S/C14H10N4O3/c19-12-5-6-15-7-11(12)13(20)17-10-3-1-9(2-4-10)14-18-16-8-21-14/h1-8H,(H,15,19)(H,17,20). The number of amides is 1. The second kappa shape index (κ2) is 5.41. The average molecular weight is 282 g/mol. The fourth-order valence-corrected chi connectivity index (χ4v) is 1.79. The van der Waals surface area contributed by atoms with Crippen molar-refractivity contribution in [3.8, 4) is 11.5 Å². The van der Waals surface area contributed by atoms with E-state index < -0.39 is 5.91 Å². The van der Waals surface area contributed by atoms with Crippen LogP contribution in [0.25, 0.3) is 11.5 Å². The van der Waals surface area contributed by atoms with Crippen LogP contribution < -0.4 is 10.7 Å². The van der Waals surface area contributed by atoms with Gasteiger partial charge in [0.25, 0.3) is 5.91 Å². The third-order valence-electron chi connectivity index (χ3n) is 2.82. The Morgan fingerprint density at radius 1 is 1.19 bits per heavy atom. The molecule has 21 heavy (non-hydrogen) atoms. The third kappa shape index (κ3) is 2.71. The van der Waals surface area contributed by atoms with Crippen LogP contribution in [0.5, 0.6) is 0 Å². The molecule has 104 valence electrons. The van der Waals surface area contributed by atoms with Crippen molar-refractivity contribution in [2.24, 2.45) is 0 Å².